The van der Waals surface area contributed by atoms with E-state index in [1.165, 1.54) is 0 Å². The SMILES string of the molecule is CCCCCCCC(=O)NC(CCCN)C(=O)NC(CCCN)C(=O)NC(CCCN)C(=O)NC(CCCN)C(N)=O. The number of hydrogen-bond acceptors (Lipinski definition) is 9. The maximum Gasteiger partial charge on any atom is 0.243 e. The summed E-state index contributed by atoms with van der Waals surface area (Å²) in [7, 11) is 0. The van der Waals surface area contributed by atoms with Gasteiger partial charge in [0.15, 0.2) is 0 Å². The highest BCUT2D eigenvalue weighted by Gasteiger charge is 2.30. The van der Waals surface area contributed by atoms with Crippen LogP contribution in [0.15, 0.2) is 0 Å². The number of unbranched alkanes of at least 4 members (excludes halogenated alkanes) is 4. The summed E-state index contributed by atoms with van der Waals surface area (Å²) in [5.74, 6) is -2.64. The number of nitrogens with two attached hydrogens (primary N) is 5. The molecule has 0 aliphatic carbocycles. The molecular formula is C28H57N9O5. The van der Waals surface area contributed by atoms with Gasteiger partial charge in [-0.3, -0.25) is 24.0 Å². The van der Waals surface area contributed by atoms with Crippen molar-refractivity contribution in [3.8, 4) is 0 Å². The maximum absolute atomic E-state index is 13.3. The van der Waals surface area contributed by atoms with Crippen molar-refractivity contribution >= 4 is 29.5 Å². The minimum Gasteiger partial charge on any atom is -0.368 e. The van der Waals surface area contributed by atoms with E-state index in [0.717, 1.165) is 32.1 Å². The Bertz CT molecular complexity index is 800. The van der Waals surface area contributed by atoms with Gasteiger partial charge in [0.05, 0.1) is 0 Å². The highest BCUT2D eigenvalue weighted by atomic mass is 16.2. The van der Waals surface area contributed by atoms with E-state index in [-0.39, 0.29) is 38.3 Å². The number of rotatable bonds is 26. The van der Waals surface area contributed by atoms with Crippen molar-refractivity contribution in [2.24, 2.45) is 28.7 Å². The third-order valence-electron chi connectivity index (χ3n) is 6.87. The van der Waals surface area contributed by atoms with Crippen LogP contribution in [-0.4, -0.2) is 79.9 Å². The second kappa shape index (κ2) is 24.8. The van der Waals surface area contributed by atoms with Crippen LogP contribution in [0.25, 0.3) is 0 Å². The lowest BCUT2D eigenvalue weighted by Crippen LogP contribution is -2.58. The Morgan fingerprint density at radius 1 is 0.500 bits per heavy atom. The first-order chi connectivity index (χ1) is 20.1. The molecule has 0 bridgehead atoms. The molecule has 14 N–H and O–H groups in total. The predicted molar refractivity (Wildman–Crippen MR) is 163 cm³/mol. The molecule has 0 aliphatic rings. The topological polar surface area (TPSA) is 264 Å². The lowest BCUT2D eigenvalue weighted by molar-refractivity contribution is -0.134. The van der Waals surface area contributed by atoms with E-state index in [9.17, 15) is 24.0 Å². The molecule has 14 heteroatoms. The quantitative estimate of drug-likeness (QED) is 0.0536. The first-order valence-corrected chi connectivity index (χ1v) is 15.4. The Balaban J connectivity index is 5.54. The smallest absolute Gasteiger partial charge is 0.243 e. The Labute approximate surface area is 250 Å². The summed E-state index contributed by atoms with van der Waals surface area (Å²) >= 11 is 0. The minimum absolute atomic E-state index is 0.210. The monoisotopic (exact) mass is 599 g/mol. The number of primary amides is 1. The summed E-state index contributed by atoms with van der Waals surface area (Å²) in [6, 6.07) is -3.83. The van der Waals surface area contributed by atoms with Gasteiger partial charge in [0, 0.05) is 6.42 Å². The van der Waals surface area contributed by atoms with E-state index in [1.54, 1.807) is 0 Å². The number of amides is 5. The Morgan fingerprint density at radius 3 is 1.24 bits per heavy atom. The maximum atomic E-state index is 13.3. The van der Waals surface area contributed by atoms with Crippen LogP contribution in [0.1, 0.15) is 96.8 Å². The molecular weight excluding hydrogens is 542 g/mol. The average molecular weight is 600 g/mol. The summed E-state index contributed by atoms with van der Waals surface area (Å²) in [5.41, 5.74) is 27.9. The van der Waals surface area contributed by atoms with E-state index in [0.29, 0.717) is 51.6 Å². The molecule has 42 heavy (non-hydrogen) atoms. The fraction of sp³-hybridized carbons (Fsp3) is 0.821. The molecule has 0 fully saturated rings. The highest BCUT2D eigenvalue weighted by Crippen LogP contribution is 2.08. The highest BCUT2D eigenvalue weighted by molar-refractivity contribution is 5.95. The second-order valence-corrected chi connectivity index (χ2v) is 10.6. The van der Waals surface area contributed by atoms with E-state index in [1.807, 2.05) is 0 Å². The first kappa shape index (κ1) is 39.2. The molecule has 4 unspecified atom stereocenters. The molecule has 0 rings (SSSR count). The standard InChI is InChI=1S/C28H57N9O5/c1-2-3-4-5-6-15-24(38)34-21(12-8-17-30)26(40)36-23(14-10-19-32)28(42)37-22(13-9-18-31)27(41)35-20(25(33)39)11-7-16-29/h20-23H,2-19,29-32H2,1H3,(H2,33,39)(H,34,38)(H,35,41)(H,36,40)(H,37,42). The van der Waals surface area contributed by atoms with E-state index >= 15 is 0 Å². The van der Waals surface area contributed by atoms with Crippen LogP contribution in [0.5, 0.6) is 0 Å². The van der Waals surface area contributed by atoms with Crippen molar-refractivity contribution in [1.29, 1.82) is 0 Å². The molecule has 0 aromatic carbocycles. The number of hydrogen-bond donors (Lipinski definition) is 9. The van der Waals surface area contributed by atoms with Crippen LogP contribution in [-0.2, 0) is 24.0 Å². The fourth-order valence-corrected chi connectivity index (χ4v) is 4.35. The van der Waals surface area contributed by atoms with Crippen molar-refractivity contribution in [1.82, 2.24) is 21.3 Å². The molecule has 0 aliphatic heterocycles. The second-order valence-electron chi connectivity index (χ2n) is 10.6. The average Bonchev–Trinajstić information content (AvgIpc) is 2.96. The van der Waals surface area contributed by atoms with Crippen LogP contribution >= 0.6 is 0 Å². The van der Waals surface area contributed by atoms with Gasteiger partial charge in [-0.25, -0.2) is 0 Å². The normalized spacial score (nSPS) is 13.8. The van der Waals surface area contributed by atoms with Crippen molar-refractivity contribution in [3.63, 3.8) is 0 Å². The Morgan fingerprint density at radius 2 is 0.857 bits per heavy atom. The van der Waals surface area contributed by atoms with Gasteiger partial charge in [-0.15, -0.1) is 0 Å². The largest absolute Gasteiger partial charge is 0.368 e. The van der Waals surface area contributed by atoms with Crippen LogP contribution < -0.4 is 49.9 Å². The summed E-state index contributed by atoms with van der Waals surface area (Å²) in [5, 5.41) is 10.8. The van der Waals surface area contributed by atoms with Gasteiger partial charge in [-0.05, 0) is 84.0 Å². The van der Waals surface area contributed by atoms with Crippen LogP contribution in [0.3, 0.4) is 0 Å². The Hall–Kier alpha value is -2.81. The van der Waals surface area contributed by atoms with Crippen molar-refractivity contribution < 1.29 is 24.0 Å². The lowest BCUT2D eigenvalue weighted by Gasteiger charge is -2.26. The van der Waals surface area contributed by atoms with Crippen molar-refractivity contribution in [2.75, 3.05) is 26.2 Å². The third kappa shape index (κ3) is 17.9. The fourth-order valence-electron chi connectivity index (χ4n) is 4.35. The van der Waals surface area contributed by atoms with Gasteiger partial charge in [0.2, 0.25) is 29.5 Å². The van der Waals surface area contributed by atoms with E-state index in [4.69, 9.17) is 28.7 Å². The molecule has 14 nitrogen and oxygen atoms in total. The molecule has 244 valence electrons. The number of carbonyl (C=O) groups excluding carboxylic acids is 5. The van der Waals surface area contributed by atoms with E-state index in [2.05, 4.69) is 28.2 Å². The molecule has 0 saturated carbocycles. The summed E-state index contributed by atoms with van der Waals surface area (Å²) < 4.78 is 0. The van der Waals surface area contributed by atoms with Gasteiger partial charge in [-0.2, -0.15) is 0 Å². The van der Waals surface area contributed by atoms with Crippen molar-refractivity contribution in [2.45, 2.75) is 121 Å². The number of nitrogens with one attached hydrogen (secondary N) is 4. The summed E-state index contributed by atoms with van der Waals surface area (Å²) in [4.78, 5) is 64.0. The molecule has 0 aromatic heterocycles. The third-order valence-corrected chi connectivity index (χ3v) is 6.87. The zero-order valence-corrected chi connectivity index (χ0v) is 25.5. The van der Waals surface area contributed by atoms with E-state index < -0.39 is 47.8 Å². The van der Waals surface area contributed by atoms with Crippen LogP contribution in [0, 0.1) is 0 Å². The zero-order chi connectivity index (χ0) is 31.8. The van der Waals surface area contributed by atoms with Gasteiger partial charge in [0.25, 0.3) is 0 Å². The van der Waals surface area contributed by atoms with Gasteiger partial charge < -0.3 is 49.9 Å². The minimum atomic E-state index is -1.02. The first-order valence-electron chi connectivity index (χ1n) is 15.4. The molecule has 0 aromatic rings. The molecule has 0 radical (unpaired) electrons. The molecule has 0 saturated heterocycles. The van der Waals surface area contributed by atoms with Crippen molar-refractivity contribution in [3.05, 3.63) is 0 Å². The van der Waals surface area contributed by atoms with Gasteiger partial charge in [0.1, 0.15) is 24.2 Å². The van der Waals surface area contributed by atoms with Gasteiger partial charge >= 0.3 is 0 Å². The van der Waals surface area contributed by atoms with Gasteiger partial charge in [-0.1, -0.05) is 32.6 Å². The summed E-state index contributed by atoms with van der Waals surface area (Å²) in [6.45, 7) is 3.34. The van der Waals surface area contributed by atoms with Crippen LogP contribution in [0.2, 0.25) is 0 Å². The number of carbonyl (C=O) groups is 5. The summed E-state index contributed by atoms with van der Waals surface area (Å²) in [6.07, 6.45) is 8.08. The van der Waals surface area contributed by atoms with Crippen LogP contribution in [0.4, 0.5) is 0 Å². The predicted octanol–water partition coefficient (Wildman–Crippen LogP) is -1.27. The molecule has 5 amide bonds. The molecule has 0 spiro atoms. The zero-order valence-electron chi connectivity index (χ0n) is 25.5. The molecule has 0 heterocycles. The lowest BCUT2D eigenvalue weighted by atomic mass is 10.0. The molecule has 4 atom stereocenters. The Kier molecular flexibility index (Phi) is 23.1.